The highest BCUT2D eigenvalue weighted by molar-refractivity contribution is 7.00. The van der Waals surface area contributed by atoms with Gasteiger partial charge in [0.15, 0.2) is 0 Å². The average Bonchev–Trinajstić information content (AvgIpc) is 1.64. The molecular weight excluding hydrogens is 1150 g/mol. The third-order valence-electron chi connectivity index (χ3n) is 20.9. The predicted molar refractivity (Wildman–Crippen MR) is 405 cm³/mol. The monoisotopic (exact) mass is 1220 g/mol. The molecule has 0 amide bonds. The molecule has 0 radical (unpaired) electrons. The zero-order valence-electron chi connectivity index (χ0n) is 55.7. The Hall–Kier alpha value is -10.7. The zero-order valence-corrected chi connectivity index (χ0v) is 55.7. The largest absolute Gasteiger partial charge is 0.311 e. The molecule has 13 aromatic carbocycles. The van der Waals surface area contributed by atoms with Crippen molar-refractivity contribution < 1.29 is 0 Å². The lowest BCUT2D eigenvalue weighted by atomic mass is 9.33. The number of anilines is 6. The van der Waals surface area contributed by atoms with Gasteiger partial charge in [0.25, 0.3) is 6.71 Å². The van der Waals surface area contributed by atoms with E-state index in [-0.39, 0.29) is 23.0 Å². The third kappa shape index (κ3) is 9.08. The van der Waals surface area contributed by atoms with Gasteiger partial charge in [-0.15, -0.1) is 0 Å². The van der Waals surface area contributed by atoms with Gasteiger partial charge in [0.05, 0.1) is 27.8 Å². The maximum Gasteiger partial charge on any atom is 0.252 e. The fourth-order valence-corrected chi connectivity index (χ4v) is 16.3. The Balaban J connectivity index is 0.999. The highest BCUT2D eigenvalue weighted by Gasteiger charge is 2.49. The van der Waals surface area contributed by atoms with Crippen molar-refractivity contribution in [1.82, 2.24) is 4.57 Å². The number of para-hydroxylation sites is 1. The van der Waals surface area contributed by atoms with Crippen LogP contribution in [0.2, 0.25) is 0 Å². The molecule has 14 aromatic rings. The van der Waals surface area contributed by atoms with E-state index in [9.17, 15) is 0 Å². The number of benzene rings is 13. The Morgan fingerprint density at radius 3 is 1.37 bits per heavy atom. The fraction of sp³-hybridized carbons (Fsp3) is 0.143. The molecule has 0 fully saturated rings. The van der Waals surface area contributed by atoms with Crippen molar-refractivity contribution in [2.24, 2.45) is 0 Å². The summed E-state index contributed by atoms with van der Waals surface area (Å²) in [6.07, 6.45) is 0. The topological polar surface area (TPSA) is 11.4 Å². The van der Waals surface area contributed by atoms with E-state index in [0.29, 0.717) is 0 Å². The van der Waals surface area contributed by atoms with Gasteiger partial charge in [-0.05, 0) is 172 Å². The first-order chi connectivity index (χ1) is 46.1. The van der Waals surface area contributed by atoms with Crippen LogP contribution in [0, 0.1) is 0 Å². The van der Waals surface area contributed by atoms with E-state index < -0.39 is 5.41 Å². The fourth-order valence-electron chi connectivity index (χ4n) is 16.3. The summed E-state index contributed by atoms with van der Waals surface area (Å²) >= 11 is 0. The van der Waals surface area contributed by atoms with Crippen molar-refractivity contribution in [1.29, 1.82) is 0 Å². The third-order valence-corrected chi connectivity index (χ3v) is 20.9. The maximum atomic E-state index is 2.68. The van der Waals surface area contributed by atoms with Crippen LogP contribution in [0.4, 0.5) is 34.1 Å². The van der Waals surface area contributed by atoms with E-state index in [2.05, 4.69) is 374 Å². The second kappa shape index (κ2) is 21.7. The molecular formula is C91H76BN3. The molecule has 95 heavy (non-hydrogen) atoms. The molecule has 1 aliphatic carbocycles. The molecule has 3 heterocycles. The van der Waals surface area contributed by atoms with E-state index >= 15 is 0 Å². The van der Waals surface area contributed by atoms with Gasteiger partial charge in [-0.25, -0.2) is 0 Å². The number of fused-ring (bicyclic) bond motifs is 11. The molecule has 3 nitrogen and oxygen atoms in total. The van der Waals surface area contributed by atoms with Crippen molar-refractivity contribution in [2.75, 3.05) is 9.80 Å². The Morgan fingerprint density at radius 1 is 0.305 bits per heavy atom. The standard InChI is InChI=1S/C91H76BN3/c1-88(2,3)65-44-50-78(72(54-65)60-31-17-11-18-32-60)94-80-49-43-62(59-29-15-10-16-30-59)53-76(80)92-75-48-46-68(58-82(75)95(84-57-67(90(7,8)9)56-83(94)87(84)92)79-51-45-66(89(4,5)6)55-73(79)61-33-19-12-20-34-61)93-77-42-28-26-40-71(77)85-81(93)52-47-70-69-39-25-27-41-74(69)91(86(70)85,63-35-21-13-22-36-63)64-37-23-14-24-38-64/h10-58H,1-9H3. The van der Waals surface area contributed by atoms with Gasteiger partial charge >= 0.3 is 0 Å². The van der Waals surface area contributed by atoms with E-state index in [1.807, 2.05) is 0 Å². The molecule has 0 saturated carbocycles. The van der Waals surface area contributed by atoms with Crippen LogP contribution in [-0.2, 0) is 21.7 Å². The van der Waals surface area contributed by atoms with Crippen LogP contribution in [0.5, 0.6) is 0 Å². The lowest BCUT2D eigenvalue weighted by Gasteiger charge is -2.46. The summed E-state index contributed by atoms with van der Waals surface area (Å²) in [6.45, 7) is 21.0. The molecule has 4 heteroatoms. The van der Waals surface area contributed by atoms with Crippen molar-refractivity contribution >= 4 is 79.0 Å². The van der Waals surface area contributed by atoms with Crippen LogP contribution < -0.4 is 26.2 Å². The SMILES string of the molecule is CC(C)(C)c1ccc(N2c3ccc(-c4ccccc4)cc3B3c4ccc(-n5c6ccccc6c6c7c(ccc65)-c5ccccc5C7(c5ccccc5)c5ccccc5)cc4N(c4ccc(C(C)(C)C)cc4-c4ccccc4)c4cc(C(C)(C)C)cc2c43)c(-c2ccccc2)c1. The molecule has 0 N–H and O–H groups in total. The predicted octanol–water partition coefficient (Wildman–Crippen LogP) is 22.1. The Labute approximate surface area is 560 Å². The van der Waals surface area contributed by atoms with E-state index in [1.54, 1.807) is 0 Å². The summed E-state index contributed by atoms with van der Waals surface area (Å²) in [7, 11) is 0. The van der Waals surface area contributed by atoms with Crippen LogP contribution in [0.3, 0.4) is 0 Å². The number of nitrogens with zero attached hydrogens (tertiary/aromatic N) is 3. The number of hydrogen-bond acceptors (Lipinski definition) is 2. The summed E-state index contributed by atoms with van der Waals surface area (Å²) in [5.41, 5.74) is 31.9. The van der Waals surface area contributed by atoms with Crippen LogP contribution in [0.1, 0.15) is 101 Å². The first kappa shape index (κ1) is 58.2. The van der Waals surface area contributed by atoms with Crippen LogP contribution >= 0.6 is 0 Å². The van der Waals surface area contributed by atoms with Crippen LogP contribution in [-0.4, -0.2) is 11.3 Å². The summed E-state index contributed by atoms with van der Waals surface area (Å²) in [4.78, 5) is 5.32. The van der Waals surface area contributed by atoms with Gasteiger partial charge in [-0.2, -0.15) is 0 Å². The van der Waals surface area contributed by atoms with Gasteiger partial charge < -0.3 is 14.4 Å². The van der Waals surface area contributed by atoms with Gasteiger partial charge in [-0.3, -0.25) is 0 Å². The zero-order chi connectivity index (χ0) is 64.7. The lowest BCUT2D eigenvalue weighted by Crippen LogP contribution is -2.61. The van der Waals surface area contributed by atoms with Gasteiger partial charge in [0.1, 0.15) is 0 Å². The van der Waals surface area contributed by atoms with Gasteiger partial charge in [0, 0.05) is 50.3 Å². The van der Waals surface area contributed by atoms with Crippen molar-refractivity contribution in [3.8, 4) is 50.2 Å². The molecule has 17 rings (SSSR count). The molecule has 2 aliphatic heterocycles. The number of hydrogen-bond donors (Lipinski definition) is 0. The molecule has 458 valence electrons. The minimum absolute atomic E-state index is 0.0784. The molecule has 1 aromatic heterocycles. The minimum Gasteiger partial charge on any atom is -0.311 e. The van der Waals surface area contributed by atoms with E-state index in [4.69, 9.17) is 0 Å². The minimum atomic E-state index is -0.605. The Kier molecular flexibility index (Phi) is 13.3. The molecule has 0 saturated heterocycles. The maximum absolute atomic E-state index is 2.68. The summed E-state index contributed by atoms with van der Waals surface area (Å²) in [5, 5.41) is 2.50. The molecule has 3 aliphatic rings. The normalized spacial score (nSPS) is 13.8. The van der Waals surface area contributed by atoms with Crippen molar-refractivity contribution in [3.05, 3.63) is 336 Å². The Morgan fingerprint density at radius 2 is 0.800 bits per heavy atom. The lowest BCUT2D eigenvalue weighted by molar-refractivity contribution is 0.590. The van der Waals surface area contributed by atoms with Crippen molar-refractivity contribution in [2.45, 2.75) is 84.0 Å². The second-order valence-electron chi connectivity index (χ2n) is 29.6. The van der Waals surface area contributed by atoms with Crippen LogP contribution in [0.25, 0.3) is 72.0 Å². The first-order valence-electron chi connectivity index (χ1n) is 33.9. The summed E-state index contributed by atoms with van der Waals surface area (Å²) in [5.74, 6) is 0. The molecule has 0 bridgehead atoms. The molecule has 0 unspecified atom stereocenters. The summed E-state index contributed by atoms with van der Waals surface area (Å²) < 4.78 is 2.58. The smallest absolute Gasteiger partial charge is 0.252 e. The van der Waals surface area contributed by atoms with E-state index in [0.717, 1.165) is 22.7 Å². The highest BCUT2D eigenvalue weighted by atomic mass is 15.2. The number of rotatable bonds is 8. The Bertz CT molecular complexity index is 5320. The second-order valence-corrected chi connectivity index (χ2v) is 29.6. The van der Waals surface area contributed by atoms with Gasteiger partial charge in [-0.1, -0.05) is 293 Å². The average molecular weight is 1220 g/mol. The van der Waals surface area contributed by atoms with Crippen molar-refractivity contribution in [3.63, 3.8) is 0 Å². The van der Waals surface area contributed by atoms with E-state index in [1.165, 1.54) is 139 Å². The highest BCUT2D eigenvalue weighted by Crippen LogP contribution is 2.60. The quantitative estimate of drug-likeness (QED) is 0.141. The molecule has 0 spiro atoms. The summed E-state index contributed by atoms with van der Waals surface area (Å²) in [6, 6.07) is 113. The van der Waals surface area contributed by atoms with Gasteiger partial charge in [0.2, 0.25) is 0 Å². The van der Waals surface area contributed by atoms with Crippen LogP contribution in [0.15, 0.2) is 297 Å². The number of aromatic nitrogens is 1. The first-order valence-corrected chi connectivity index (χ1v) is 33.9. The molecule has 0 atom stereocenters.